The number of aryl methyl sites for hydroxylation is 1. The van der Waals surface area contributed by atoms with Crippen LogP contribution in [0.15, 0.2) is 40.9 Å². The normalized spacial score (nSPS) is 18.7. The van der Waals surface area contributed by atoms with Crippen LogP contribution in [0, 0.1) is 0 Å². The first kappa shape index (κ1) is 13.8. The average molecular weight is 285 g/mol. The molecule has 0 bridgehead atoms. The number of hydrogen-bond donors (Lipinski definition) is 1. The maximum Gasteiger partial charge on any atom is 0.293 e. The summed E-state index contributed by atoms with van der Waals surface area (Å²) in [5, 5.41) is 7.26. The zero-order chi connectivity index (χ0) is 14.7. The van der Waals surface area contributed by atoms with Crippen LogP contribution in [0.4, 0.5) is 0 Å². The van der Waals surface area contributed by atoms with E-state index in [4.69, 9.17) is 4.52 Å². The van der Waals surface area contributed by atoms with Crippen molar-refractivity contribution in [3.05, 3.63) is 53.4 Å². The summed E-state index contributed by atoms with van der Waals surface area (Å²) in [6, 6.07) is 11.9. The molecule has 5 nitrogen and oxygen atoms in total. The van der Waals surface area contributed by atoms with Gasteiger partial charge in [0, 0.05) is 25.7 Å². The molecular weight excluding hydrogens is 266 g/mol. The second-order valence-electron chi connectivity index (χ2n) is 5.17. The van der Waals surface area contributed by atoms with Crippen molar-refractivity contribution >= 4 is 5.91 Å². The molecule has 1 aromatic heterocycles. The van der Waals surface area contributed by atoms with E-state index in [1.54, 1.807) is 6.07 Å². The van der Waals surface area contributed by atoms with Crippen molar-refractivity contribution in [2.75, 3.05) is 19.6 Å². The highest BCUT2D eigenvalue weighted by Crippen LogP contribution is 2.24. The van der Waals surface area contributed by atoms with E-state index in [0.29, 0.717) is 12.3 Å². The largest absolute Gasteiger partial charge is 0.351 e. The van der Waals surface area contributed by atoms with E-state index in [2.05, 4.69) is 22.6 Å². The molecule has 2 aromatic rings. The first-order valence-corrected chi connectivity index (χ1v) is 7.32. The molecule has 0 aliphatic carbocycles. The van der Waals surface area contributed by atoms with E-state index in [9.17, 15) is 4.79 Å². The molecule has 1 amide bonds. The van der Waals surface area contributed by atoms with Crippen molar-refractivity contribution in [2.45, 2.75) is 19.4 Å². The van der Waals surface area contributed by atoms with Gasteiger partial charge in [0.05, 0.1) is 11.7 Å². The first-order chi connectivity index (χ1) is 10.3. The maximum absolute atomic E-state index is 12.7. The Balaban J connectivity index is 1.85. The van der Waals surface area contributed by atoms with E-state index < -0.39 is 0 Å². The van der Waals surface area contributed by atoms with E-state index in [0.717, 1.165) is 30.8 Å². The molecule has 1 fully saturated rings. The number of carbonyl (C=O) groups is 1. The lowest BCUT2D eigenvalue weighted by Crippen LogP contribution is -2.48. The van der Waals surface area contributed by atoms with Gasteiger partial charge in [0.1, 0.15) is 0 Å². The van der Waals surface area contributed by atoms with Gasteiger partial charge in [-0.25, -0.2) is 0 Å². The Bertz CT molecular complexity index is 609. The van der Waals surface area contributed by atoms with Crippen LogP contribution in [0.5, 0.6) is 0 Å². The molecule has 5 heteroatoms. The molecule has 21 heavy (non-hydrogen) atoms. The Morgan fingerprint density at radius 2 is 2.24 bits per heavy atom. The fourth-order valence-electron chi connectivity index (χ4n) is 2.64. The minimum atomic E-state index is -0.0856. The van der Waals surface area contributed by atoms with E-state index in [1.165, 1.54) is 0 Å². The van der Waals surface area contributed by atoms with E-state index in [-0.39, 0.29) is 11.9 Å². The second-order valence-corrected chi connectivity index (χ2v) is 5.17. The third-order valence-electron chi connectivity index (χ3n) is 3.82. The summed E-state index contributed by atoms with van der Waals surface area (Å²) in [4.78, 5) is 14.5. The standard InChI is InChI=1S/C16H19N3O2/c1-2-13-10-15(21-18-13)16(20)19-9-8-17-11-14(19)12-6-4-3-5-7-12/h3-7,10,14,17H,2,8-9,11H2,1H3/t14-/m0/s1. The molecule has 2 heterocycles. The number of amides is 1. The molecule has 1 aliphatic rings. The molecule has 3 rings (SSSR count). The topological polar surface area (TPSA) is 58.4 Å². The lowest BCUT2D eigenvalue weighted by molar-refractivity contribution is 0.0592. The third kappa shape index (κ3) is 2.83. The first-order valence-electron chi connectivity index (χ1n) is 7.32. The van der Waals surface area contributed by atoms with Crippen LogP contribution < -0.4 is 5.32 Å². The summed E-state index contributed by atoms with van der Waals surface area (Å²) in [7, 11) is 0. The lowest BCUT2D eigenvalue weighted by Gasteiger charge is -2.35. The Labute approximate surface area is 123 Å². The average Bonchev–Trinajstić information content (AvgIpc) is 3.04. The zero-order valence-electron chi connectivity index (χ0n) is 12.1. The van der Waals surface area contributed by atoms with Crippen LogP contribution in [0.1, 0.15) is 34.8 Å². The Morgan fingerprint density at radius 1 is 1.43 bits per heavy atom. The number of rotatable bonds is 3. The fourth-order valence-corrected chi connectivity index (χ4v) is 2.64. The summed E-state index contributed by atoms with van der Waals surface area (Å²) in [5.41, 5.74) is 1.94. The molecule has 1 N–H and O–H groups in total. The van der Waals surface area contributed by atoms with Crippen LogP contribution in [0.2, 0.25) is 0 Å². The SMILES string of the molecule is CCc1cc(C(=O)N2CCNC[C@H]2c2ccccc2)on1. The van der Waals surface area contributed by atoms with Crippen molar-refractivity contribution in [3.63, 3.8) is 0 Å². The van der Waals surface area contributed by atoms with Crippen molar-refractivity contribution < 1.29 is 9.32 Å². The highest BCUT2D eigenvalue weighted by Gasteiger charge is 2.30. The van der Waals surface area contributed by atoms with Crippen molar-refractivity contribution in [1.29, 1.82) is 0 Å². The number of nitrogens with one attached hydrogen (secondary N) is 1. The Kier molecular flexibility index (Phi) is 4.01. The third-order valence-corrected chi connectivity index (χ3v) is 3.82. The van der Waals surface area contributed by atoms with E-state index in [1.807, 2.05) is 30.0 Å². The van der Waals surface area contributed by atoms with Crippen molar-refractivity contribution in [3.8, 4) is 0 Å². The van der Waals surface area contributed by atoms with Crippen LogP contribution in [0.3, 0.4) is 0 Å². The zero-order valence-corrected chi connectivity index (χ0v) is 12.1. The maximum atomic E-state index is 12.7. The predicted molar refractivity (Wildman–Crippen MR) is 79.0 cm³/mol. The van der Waals surface area contributed by atoms with Crippen LogP contribution >= 0.6 is 0 Å². The van der Waals surface area contributed by atoms with Gasteiger partial charge in [-0.05, 0) is 12.0 Å². The van der Waals surface area contributed by atoms with Gasteiger partial charge >= 0.3 is 0 Å². The monoisotopic (exact) mass is 285 g/mol. The number of hydrogen-bond acceptors (Lipinski definition) is 4. The number of carbonyl (C=O) groups excluding carboxylic acids is 1. The van der Waals surface area contributed by atoms with Gasteiger partial charge < -0.3 is 14.7 Å². The summed E-state index contributed by atoms with van der Waals surface area (Å²) >= 11 is 0. The van der Waals surface area contributed by atoms with Crippen LogP contribution in [-0.4, -0.2) is 35.6 Å². The van der Waals surface area contributed by atoms with Gasteiger partial charge in [-0.1, -0.05) is 42.4 Å². The molecule has 1 aliphatic heterocycles. The van der Waals surface area contributed by atoms with E-state index >= 15 is 0 Å². The Hall–Kier alpha value is -2.14. The molecule has 0 radical (unpaired) electrons. The quantitative estimate of drug-likeness (QED) is 0.937. The summed E-state index contributed by atoms with van der Waals surface area (Å²) < 4.78 is 5.19. The number of piperazine rings is 1. The summed E-state index contributed by atoms with van der Waals surface area (Å²) in [6.45, 7) is 4.21. The van der Waals surface area contributed by atoms with Gasteiger partial charge in [0.25, 0.3) is 5.91 Å². The van der Waals surface area contributed by atoms with Gasteiger partial charge in [-0.15, -0.1) is 0 Å². The molecule has 110 valence electrons. The Morgan fingerprint density at radius 3 is 2.95 bits per heavy atom. The van der Waals surface area contributed by atoms with Crippen LogP contribution in [0.25, 0.3) is 0 Å². The minimum absolute atomic E-state index is 0.0302. The molecule has 1 atom stereocenters. The number of aromatic nitrogens is 1. The molecule has 1 aromatic carbocycles. The van der Waals surface area contributed by atoms with Gasteiger partial charge in [-0.2, -0.15) is 0 Å². The van der Waals surface area contributed by atoms with Gasteiger partial charge in [0.2, 0.25) is 5.76 Å². The molecular formula is C16H19N3O2. The van der Waals surface area contributed by atoms with Gasteiger partial charge in [0.15, 0.2) is 0 Å². The predicted octanol–water partition coefficient (Wildman–Crippen LogP) is 2.02. The van der Waals surface area contributed by atoms with Gasteiger partial charge in [-0.3, -0.25) is 4.79 Å². The van der Waals surface area contributed by atoms with Crippen LogP contribution in [-0.2, 0) is 6.42 Å². The smallest absolute Gasteiger partial charge is 0.293 e. The van der Waals surface area contributed by atoms with Crippen molar-refractivity contribution in [2.24, 2.45) is 0 Å². The van der Waals surface area contributed by atoms with Crippen molar-refractivity contribution in [1.82, 2.24) is 15.4 Å². The molecule has 0 unspecified atom stereocenters. The highest BCUT2D eigenvalue weighted by atomic mass is 16.5. The summed E-state index contributed by atoms with van der Waals surface area (Å²) in [6.07, 6.45) is 0.764. The lowest BCUT2D eigenvalue weighted by atomic mass is 10.0. The number of benzene rings is 1. The molecule has 0 saturated carbocycles. The number of nitrogens with zero attached hydrogens (tertiary/aromatic N) is 2. The fraction of sp³-hybridized carbons (Fsp3) is 0.375. The minimum Gasteiger partial charge on any atom is -0.351 e. The highest BCUT2D eigenvalue weighted by molar-refractivity contribution is 5.91. The second kappa shape index (κ2) is 6.10. The summed E-state index contributed by atoms with van der Waals surface area (Å²) in [5.74, 6) is 0.243. The molecule has 0 spiro atoms. The molecule has 1 saturated heterocycles.